The van der Waals surface area contributed by atoms with Gasteiger partial charge in [-0.2, -0.15) is 13.2 Å². The number of pyridine rings is 2. The summed E-state index contributed by atoms with van der Waals surface area (Å²) in [5.41, 5.74) is 2.64. The third kappa shape index (κ3) is 5.78. The van der Waals surface area contributed by atoms with Crippen LogP contribution in [0.25, 0.3) is 11.1 Å². The molecule has 3 rings (SSSR count). The van der Waals surface area contributed by atoms with Gasteiger partial charge in [-0.25, -0.2) is 0 Å². The molecule has 0 fully saturated rings. The van der Waals surface area contributed by atoms with E-state index < -0.39 is 18.8 Å². The van der Waals surface area contributed by atoms with E-state index >= 15 is 0 Å². The molecule has 1 atom stereocenters. The van der Waals surface area contributed by atoms with Crippen LogP contribution in [0.5, 0.6) is 5.75 Å². The van der Waals surface area contributed by atoms with Crippen molar-refractivity contribution in [3.8, 4) is 16.9 Å². The van der Waals surface area contributed by atoms with Crippen LogP contribution in [0.2, 0.25) is 0 Å². The fourth-order valence-corrected chi connectivity index (χ4v) is 2.60. The molecule has 0 bridgehead atoms. The lowest BCUT2D eigenvalue weighted by atomic mass is 10.1. The molecular weight excluding hydrogens is 383 g/mol. The highest BCUT2D eigenvalue weighted by Crippen LogP contribution is 2.21. The zero-order valence-electron chi connectivity index (χ0n) is 15.5. The second-order valence-corrected chi connectivity index (χ2v) is 6.35. The molecule has 2 heterocycles. The molecule has 0 aliphatic carbocycles. The van der Waals surface area contributed by atoms with Gasteiger partial charge in [0.05, 0.1) is 23.5 Å². The predicted octanol–water partition coefficient (Wildman–Crippen LogP) is 4.58. The number of nitrogens with one attached hydrogen (secondary N) is 1. The van der Waals surface area contributed by atoms with E-state index in [1.807, 2.05) is 30.3 Å². The molecule has 150 valence electrons. The first kappa shape index (κ1) is 20.3. The minimum absolute atomic E-state index is 0.00404. The number of carbonyl (C=O) groups excluding carboxylic acids is 1. The van der Waals surface area contributed by atoms with Gasteiger partial charge in [0.2, 0.25) is 0 Å². The smallest absolute Gasteiger partial charge is 0.422 e. The summed E-state index contributed by atoms with van der Waals surface area (Å²) in [4.78, 5) is 20.8. The van der Waals surface area contributed by atoms with Crippen molar-refractivity contribution in [2.75, 3.05) is 6.61 Å². The number of hydrogen-bond acceptors (Lipinski definition) is 4. The number of benzene rings is 1. The van der Waals surface area contributed by atoms with Gasteiger partial charge in [0.15, 0.2) is 6.61 Å². The number of amides is 1. The van der Waals surface area contributed by atoms with Gasteiger partial charge in [-0.1, -0.05) is 30.3 Å². The van der Waals surface area contributed by atoms with Gasteiger partial charge < -0.3 is 10.1 Å². The third-order valence-electron chi connectivity index (χ3n) is 4.06. The van der Waals surface area contributed by atoms with Gasteiger partial charge in [0.1, 0.15) is 5.75 Å². The quantitative estimate of drug-likeness (QED) is 0.657. The molecule has 0 radical (unpaired) electrons. The predicted molar refractivity (Wildman–Crippen MR) is 101 cm³/mol. The Morgan fingerprint density at radius 1 is 1.07 bits per heavy atom. The first-order valence-electron chi connectivity index (χ1n) is 8.79. The van der Waals surface area contributed by atoms with Gasteiger partial charge in [-0.05, 0) is 30.7 Å². The van der Waals surface area contributed by atoms with Crippen molar-refractivity contribution in [3.05, 3.63) is 78.4 Å². The summed E-state index contributed by atoms with van der Waals surface area (Å²) in [5.74, 6) is -0.327. The number of nitrogens with zero attached hydrogens (tertiary/aromatic N) is 2. The van der Waals surface area contributed by atoms with E-state index in [1.54, 1.807) is 19.2 Å². The number of aromatic nitrogens is 2. The van der Waals surface area contributed by atoms with E-state index in [4.69, 9.17) is 0 Å². The van der Waals surface area contributed by atoms with Crippen LogP contribution >= 0.6 is 0 Å². The van der Waals surface area contributed by atoms with Gasteiger partial charge >= 0.3 is 6.18 Å². The van der Waals surface area contributed by atoms with Crippen molar-refractivity contribution >= 4 is 5.91 Å². The van der Waals surface area contributed by atoms with Crippen LogP contribution in [0.4, 0.5) is 13.2 Å². The maximum atomic E-state index is 12.6. The van der Waals surface area contributed by atoms with Gasteiger partial charge in [0.25, 0.3) is 5.91 Å². The highest BCUT2D eigenvalue weighted by atomic mass is 19.4. The molecule has 0 aliphatic heterocycles. The van der Waals surface area contributed by atoms with Crippen molar-refractivity contribution in [1.82, 2.24) is 15.3 Å². The molecule has 29 heavy (non-hydrogen) atoms. The average Bonchev–Trinajstić information content (AvgIpc) is 2.73. The molecule has 5 nitrogen and oxygen atoms in total. The van der Waals surface area contributed by atoms with Crippen LogP contribution in [0.1, 0.15) is 29.0 Å². The Morgan fingerprint density at radius 2 is 1.83 bits per heavy atom. The average molecular weight is 401 g/mol. The molecular formula is C21H18F3N3O2. The molecule has 1 N–H and O–H groups in total. The Kier molecular flexibility index (Phi) is 6.11. The van der Waals surface area contributed by atoms with Crippen molar-refractivity contribution in [2.24, 2.45) is 0 Å². The van der Waals surface area contributed by atoms with Gasteiger partial charge in [-0.3, -0.25) is 14.8 Å². The normalized spacial score (nSPS) is 12.3. The molecule has 0 saturated carbocycles. The minimum Gasteiger partial charge on any atom is -0.483 e. The second-order valence-electron chi connectivity index (χ2n) is 6.35. The summed E-state index contributed by atoms with van der Waals surface area (Å²) in [5, 5.41) is 2.80. The Morgan fingerprint density at radius 3 is 2.48 bits per heavy atom. The molecule has 8 heteroatoms. The Hall–Kier alpha value is -3.42. The molecule has 1 aromatic carbocycles. The number of carbonyl (C=O) groups is 1. The van der Waals surface area contributed by atoms with Crippen LogP contribution < -0.4 is 10.1 Å². The lowest BCUT2D eigenvalue weighted by Gasteiger charge is -2.15. The highest BCUT2D eigenvalue weighted by molar-refractivity contribution is 5.95. The van der Waals surface area contributed by atoms with Crippen molar-refractivity contribution < 1.29 is 22.7 Å². The number of rotatable bonds is 6. The second kappa shape index (κ2) is 8.72. The summed E-state index contributed by atoms with van der Waals surface area (Å²) < 4.78 is 41.2. The number of ether oxygens (including phenoxy) is 1. The standard InChI is InChI=1S/C21H18F3N3O2/c1-14(19-8-7-18(12-26-19)29-13-21(22,23)24)27-20(28)17-9-16(10-25-11-17)15-5-3-2-4-6-15/h2-12,14H,13H2,1H3,(H,27,28). The Bertz CT molecular complexity index is 961. The van der Waals surface area contributed by atoms with Crippen LogP contribution in [0, 0.1) is 0 Å². The number of alkyl halides is 3. The van der Waals surface area contributed by atoms with E-state index in [2.05, 4.69) is 20.0 Å². The molecule has 1 amide bonds. The van der Waals surface area contributed by atoms with Crippen molar-refractivity contribution in [3.63, 3.8) is 0 Å². The Labute approximate surface area is 165 Å². The van der Waals surface area contributed by atoms with E-state index in [9.17, 15) is 18.0 Å². The van der Waals surface area contributed by atoms with Crippen LogP contribution in [-0.2, 0) is 0 Å². The molecule has 0 aliphatic rings. The van der Waals surface area contributed by atoms with E-state index in [0.717, 1.165) is 11.1 Å². The van der Waals surface area contributed by atoms with Crippen LogP contribution in [-0.4, -0.2) is 28.7 Å². The third-order valence-corrected chi connectivity index (χ3v) is 4.06. The number of halogens is 3. The maximum absolute atomic E-state index is 12.6. The van der Waals surface area contributed by atoms with Crippen LogP contribution in [0.3, 0.4) is 0 Å². The zero-order chi connectivity index (χ0) is 20.9. The molecule has 3 aromatic rings. The summed E-state index contributed by atoms with van der Waals surface area (Å²) in [6.45, 7) is 0.343. The van der Waals surface area contributed by atoms with Gasteiger partial charge in [-0.15, -0.1) is 0 Å². The summed E-state index contributed by atoms with van der Waals surface area (Å²) in [6, 6.07) is 13.7. The van der Waals surface area contributed by atoms with E-state index in [-0.39, 0.29) is 11.7 Å². The largest absolute Gasteiger partial charge is 0.483 e. The summed E-state index contributed by atoms with van der Waals surface area (Å²) in [7, 11) is 0. The fraction of sp³-hybridized carbons (Fsp3) is 0.190. The molecule has 0 spiro atoms. The summed E-state index contributed by atoms with van der Waals surface area (Å²) >= 11 is 0. The van der Waals surface area contributed by atoms with Crippen molar-refractivity contribution in [1.29, 1.82) is 0 Å². The monoisotopic (exact) mass is 401 g/mol. The topological polar surface area (TPSA) is 64.1 Å². The zero-order valence-corrected chi connectivity index (χ0v) is 15.5. The maximum Gasteiger partial charge on any atom is 0.422 e. The SMILES string of the molecule is CC(NC(=O)c1cncc(-c2ccccc2)c1)c1ccc(OCC(F)(F)F)cn1. The van der Waals surface area contributed by atoms with E-state index in [0.29, 0.717) is 11.3 Å². The first-order valence-corrected chi connectivity index (χ1v) is 8.79. The molecule has 0 saturated heterocycles. The highest BCUT2D eigenvalue weighted by Gasteiger charge is 2.28. The summed E-state index contributed by atoms with van der Waals surface area (Å²) in [6.07, 6.45) is -0.0731. The Balaban J connectivity index is 1.65. The molecule has 1 unspecified atom stereocenters. The molecule has 2 aromatic heterocycles. The fourth-order valence-electron chi connectivity index (χ4n) is 2.60. The lowest BCUT2D eigenvalue weighted by molar-refractivity contribution is -0.153. The lowest BCUT2D eigenvalue weighted by Crippen LogP contribution is -2.27. The number of hydrogen-bond donors (Lipinski definition) is 1. The van der Waals surface area contributed by atoms with Gasteiger partial charge in [0, 0.05) is 18.0 Å². The first-order chi connectivity index (χ1) is 13.8. The minimum atomic E-state index is -4.41. The van der Waals surface area contributed by atoms with E-state index in [1.165, 1.54) is 24.5 Å². The van der Waals surface area contributed by atoms with Crippen LogP contribution in [0.15, 0.2) is 67.1 Å². The van der Waals surface area contributed by atoms with Crippen molar-refractivity contribution in [2.45, 2.75) is 19.1 Å².